The number of ether oxygens (including phenoxy) is 2. The first-order valence-electron chi connectivity index (χ1n) is 6.28. The van der Waals surface area contributed by atoms with Crippen molar-refractivity contribution in [3.05, 3.63) is 40.6 Å². The van der Waals surface area contributed by atoms with Crippen LogP contribution in [0.2, 0.25) is 0 Å². The van der Waals surface area contributed by atoms with E-state index < -0.39 is 16.4 Å². The second-order valence-corrected chi connectivity index (χ2v) is 4.89. The topological polar surface area (TPSA) is 83.6 Å². The minimum Gasteiger partial charge on any atom is -0.497 e. The number of fused-ring (bicyclic) bond motifs is 1. The van der Waals surface area contributed by atoms with Gasteiger partial charge in [0.05, 0.1) is 14.2 Å². The number of esters is 1. The van der Waals surface area contributed by atoms with Crippen LogP contribution in [0, 0.1) is 10.1 Å². The van der Waals surface area contributed by atoms with Gasteiger partial charge in [-0.25, -0.2) is 4.79 Å². The van der Waals surface area contributed by atoms with Crippen LogP contribution in [0.3, 0.4) is 0 Å². The van der Waals surface area contributed by atoms with E-state index in [1.165, 1.54) is 6.92 Å². The normalized spacial score (nSPS) is 13.7. The van der Waals surface area contributed by atoms with Crippen molar-refractivity contribution in [1.29, 1.82) is 0 Å². The van der Waals surface area contributed by atoms with Crippen LogP contribution in [0.25, 0.3) is 10.9 Å². The lowest BCUT2D eigenvalue weighted by molar-refractivity contribution is -0.552. The second-order valence-electron chi connectivity index (χ2n) is 4.89. The van der Waals surface area contributed by atoms with Crippen LogP contribution in [0.1, 0.15) is 6.92 Å². The predicted octanol–water partition coefficient (Wildman–Crippen LogP) is 1.86. The number of nitrogens with zero attached hydrogens (tertiary/aromatic N) is 2. The number of hydrogen-bond donors (Lipinski definition) is 0. The molecule has 2 rings (SSSR count). The molecule has 1 heterocycles. The number of nitro groups is 1. The van der Waals surface area contributed by atoms with Gasteiger partial charge in [-0.15, -0.1) is 0 Å². The molecule has 7 nitrogen and oxygen atoms in total. The van der Waals surface area contributed by atoms with Crippen LogP contribution >= 0.6 is 0 Å². The maximum absolute atomic E-state index is 11.7. The monoisotopic (exact) mass is 292 g/mol. The molecule has 1 unspecified atom stereocenters. The largest absolute Gasteiger partial charge is 0.497 e. The summed E-state index contributed by atoms with van der Waals surface area (Å²) in [5.74, 6) is -0.173. The molecule has 0 bridgehead atoms. The average molecular weight is 292 g/mol. The van der Waals surface area contributed by atoms with Gasteiger partial charge in [0, 0.05) is 28.9 Å². The first-order chi connectivity index (χ1) is 9.92. The van der Waals surface area contributed by atoms with E-state index in [-0.39, 0.29) is 6.54 Å². The molecule has 0 aliphatic heterocycles. The van der Waals surface area contributed by atoms with E-state index in [2.05, 4.69) is 4.74 Å². The van der Waals surface area contributed by atoms with E-state index in [1.54, 1.807) is 30.0 Å². The van der Waals surface area contributed by atoms with Gasteiger partial charge in [-0.3, -0.25) is 10.1 Å². The molecule has 1 atom stereocenters. The van der Waals surface area contributed by atoms with E-state index in [9.17, 15) is 14.9 Å². The summed E-state index contributed by atoms with van der Waals surface area (Å²) in [6, 6.07) is 7.20. The van der Waals surface area contributed by atoms with Gasteiger partial charge in [0.1, 0.15) is 12.3 Å². The minimum atomic E-state index is -1.83. The van der Waals surface area contributed by atoms with Gasteiger partial charge in [-0.2, -0.15) is 0 Å². The maximum atomic E-state index is 11.7. The Labute approximate surface area is 121 Å². The average Bonchev–Trinajstić information content (AvgIpc) is 2.87. The van der Waals surface area contributed by atoms with Gasteiger partial charge in [0.15, 0.2) is 0 Å². The Morgan fingerprint density at radius 2 is 2.10 bits per heavy atom. The summed E-state index contributed by atoms with van der Waals surface area (Å²) in [7, 11) is 2.71. The lowest BCUT2D eigenvalue weighted by Gasteiger charge is -2.19. The fourth-order valence-electron chi connectivity index (χ4n) is 2.19. The van der Waals surface area contributed by atoms with Crippen molar-refractivity contribution < 1.29 is 19.2 Å². The summed E-state index contributed by atoms with van der Waals surface area (Å²) in [6.07, 6.45) is 1.70. The quantitative estimate of drug-likeness (QED) is 0.477. The highest BCUT2D eigenvalue weighted by Gasteiger charge is 2.47. The molecule has 1 aromatic carbocycles. The lowest BCUT2D eigenvalue weighted by atomic mass is 10.0. The van der Waals surface area contributed by atoms with Crippen LogP contribution < -0.4 is 4.74 Å². The zero-order valence-corrected chi connectivity index (χ0v) is 12.0. The summed E-state index contributed by atoms with van der Waals surface area (Å²) < 4.78 is 11.4. The Kier molecular flexibility index (Phi) is 3.84. The maximum Gasteiger partial charge on any atom is 0.386 e. The highest BCUT2D eigenvalue weighted by atomic mass is 16.6. The van der Waals surface area contributed by atoms with Gasteiger partial charge in [-0.05, 0) is 24.3 Å². The molecule has 2 aromatic rings. The first-order valence-corrected chi connectivity index (χ1v) is 6.28. The second kappa shape index (κ2) is 5.43. The SMILES string of the molecule is COC(=O)C(C)(Cn1ccc2cc(OC)ccc21)[N+](=O)[O-]. The molecule has 112 valence electrons. The number of methoxy groups -OCH3 is 2. The van der Waals surface area contributed by atoms with E-state index in [0.717, 1.165) is 18.0 Å². The molecule has 0 fully saturated rings. The molecule has 7 heteroatoms. The van der Waals surface area contributed by atoms with Crippen LogP contribution in [0.4, 0.5) is 0 Å². The van der Waals surface area contributed by atoms with Crippen molar-refractivity contribution in [1.82, 2.24) is 4.57 Å². The third kappa shape index (κ3) is 2.54. The van der Waals surface area contributed by atoms with Crippen LogP contribution in [-0.2, 0) is 16.1 Å². The molecule has 1 aromatic heterocycles. The van der Waals surface area contributed by atoms with E-state index >= 15 is 0 Å². The third-order valence-corrected chi connectivity index (χ3v) is 3.48. The molecule has 0 spiro atoms. The van der Waals surface area contributed by atoms with Crippen molar-refractivity contribution in [3.63, 3.8) is 0 Å². The Morgan fingerprint density at radius 3 is 2.67 bits per heavy atom. The van der Waals surface area contributed by atoms with Crippen LogP contribution in [-0.4, -0.2) is 35.2 Å². The Bertz CT molecular complexity index is 694. The molecule has 0 saturated carbocycles. The van der Waals surface area contributed by atoms with Crippen molar-refractivity contribution in [3.8, 4) is 5.75 Å². The molecular weight excluding hydrogens is 276 g/mol. The molecular formula is C14H16N2O5. The number of carbonyl (C=O) groups excluding carboxylic acids is 1. The van der Waals surface area contributed by atoms with Gasteiger partial charge in [0.25, 0.3) is 0 Å². The van der Waals surface area contributed by atoms with Gasteiger partial charge < -0.3 is 14.0 Å². The van der Waals surface area contributed by atoms with E-state index in [1.807, 2.05) is 12.1 Å². The summed E-state index contributed by atoms with van der Waals surface area (Å²) >= 11 is 0. The van der Waals surface area contributed by atoms with Gasteiger partial charge in [0.2, 0.25) is 0 Å². The van der Waals surface area contributed by atoms with Crippen molar-refractivity contribution in [2.45, 2.75) is 19.0 Å². The van der Waals surface area contributed by atoms with Crippen molar-refractivity contribution >= 4 is 16.9 Å². The highest BCUT2D eigenvalue weighted by molar-refractivity contribution is 5.83. The molecule has 0 radical (unpaired) electrons. The Hall–Kier alpha value is -2.57. The molecule has 0 aliphatic carbocycles. The zero-order valence-electron chi connectivity index (χ0n) is 12.0. The molecule has 0 N–H and O–H groups in total. The number of carbonyl (C=O) groups is 1. The summed E-state index contributed by atoms with van der Waals surface area (Å²) in [5, 5.41) is 12.1. The Morgan fingerprint density at radius 1 is 1.38 bits per heavy atom. The van der Waals surface area contributed by atoms with Crippen LogP contribution in [0.5, 0.6) is 5.75 Å². The smallest absolute Gasteiger partial charge is 0.386 e. The molecule has 21 heavy (non-hydrogen) atoms. The van der Waals surface area contributed by atoms with Crippen LogP contribution in [0.15, 0.2) is 30.5 Å². The predicted molar refractivity (Wildman–Crippen MR) is 75.9 cm³/mol. The van der Waals surface area contributed by atoms with Gasteiger partial charge in [-0.1, -0.05) is 0 Å². The van der Waals surface area contributed by atoms with Crippen molar-refractivity contribution in [2.75, 3.05) is 14.2 Å². The van der Waals surface area contributed by atoms with E-state index in [0.29, 0.717) is 5.75 Å². The van der Waals surface area contributed by atoms with E-state index in [4.69, 9.17) is 4.74 Å². The highest BCUT2D eigenvalue weighted by Crippen LogP contribution is 2.24. The zero-order chi connectivity index (χ0) is 15.6. The third-order valence-electron chi connectivity index (χ3n) is 3.48. The standard InChI is InChI=1S/C14H16N2O5/c1-14(16(18)19,13(17)21-3)9-15-7-6-10-8-11(20-2)4-5-12(10)15/h4-8H,9H2,1-3H3. The number of rotatable bonds is 5. The summed E-state index contributed by atoms with van der Waals surface area (Å²) in [6.45, 7) is 1.15. The Balaban J connectivity index is 2.42. The minimum absolute atomic E-state index is 0.109. The molecule has 0 amide bonds. The number of aromatic nitrogens is 1. The number of benzene rings is 1. The fraction of sp³-hybridized carbons (Fsp3) is 0.357. The molecule has 0 saturated heterocycles. The van der Waals surface area contributed by atoms with Crippen molar-refractivity contribution in [2.24, 2.45) is 0 Å². The summed E-state index contributed by atoms with van der Waals surface area (Å²) in [5.41, 5.74) is -1.05. The summed E-state index contributed by atoms with van der Waals surface area (Å²) in [4.78, 5) is 22.4. The molecule has 0 aliphatic rings. The van der Waals surface area contributed by atoms with Gasteiger partial charge >= 0.3 is 11.5 Å². The fourth-order valence-corrected chi connectivity index (χ4v) is 2.19. The lowest BCUT2D eigenvalue weighted by Crippen LogP contribution is -2.47. The number of hydrogen-bond acceptors (Lipinski definition) is 5. The first kappa shape index (κ1) is 14.8.